The monoisotopic (exact) mass is 410 g/mol. The second-order valence-electron chi connectivity index (χ2n) is 11.5. The molecule has 0 amide bonds. The number of phenolic OH excluding ortho intramolecular Hbond substituents is 2. The highest BCUT2D eigenvalue weighted by Gasteiger charge is 2.30. The molecular weight excluding hydrogens is 368 g/mol. The number of rotatable bonds is 3. The van der Waals surface area contributed by atoms with Crippen LogP contribution in [0.25, 0.3) is 11.1 Å². The van der Waals surface area contributed by atoms with Crippen molar-refractivity contribution in [3.8, 4) is 22.6 Å². The molecule has 0 spiro atoms. The number of hydrogen-bond donors (Lipinski definition) is 2. The molecule has 2 aromatic carbocycles. The van der Waals surface area contributed by atoms with E-state index in [9.17, 15) is 10.2 Å². The highest BCUT2D eigenvalue weighted by atomic mass is 16.3. The van der Waals surface area contributed by atoms with E-state index in [1.54, 1.807) is 0 Å². The lowest BCUT2D eigenvalue weighted by Crippen LogP contribution is -2.17. The average molecular weight is 411 g/mol. The minimum absolute atomic E-state index is 0.0672. The molecule has 2 aromatic rings. The lowest BCUT2D eigenvalue weighted by Gasteiger charge is -2.30. The fourth-order valence-corrected chi connectivity index (χ4v) is 4.63. The Morgan fingerprint density at radius 2 is 0.867 bits per heavy atom. The van der Waals surface area contributed by atoms with Crippen molar-refractivity contribution in [2.24, 2.45) is 0 Å². The van der Waals surface area contributed by atoms with Gasteiger partial charge in [0.2, 0.25) is 0 Å². The Morgan fingerprint density at radius 3 is 1.07 bits per heavy atom. The van der Waals surface area contributed by atoms with Crippen molar-refractivity contribution < 1.29 is 10.2 Å². The summed E-state index contributed by atoms with van der Waals surface area (Å²) < 4.78 is 0. The second kappa shape index (κ2) is 7.94. The van der Waals surface area contributed by atoms with E-state index in [4.69, 9.17) is 0 Å². The van der Waals surface area contributed by atoms with E-state index < -0.39 is 0 Å². The fourth-order valence-electron chi connectivity index (χ4n) is 4.63. The first-order chi connectivity index (χ1) is 13.5. The van der Waals surface area contributed by atoms with Crippen LogP contribution in [0.4, 0.5) is 0 Å². The van der Waals surface area contributed by atoms with Gasteiger partial charge in [-0.2, -0.15) is 0 Å². The van der Waals surface area contributed by atoms with Crippen LogP contribution in [0.2, 0.25) is 0 Å². The summed E-state index contributed by atoms with van der Waals surface area (Å²) in [7, 11) is 0. The van der Waals surface area contributed by atoms with E-state index in [0.717, 1.165) is 33.4 Å². The van der Waals surface area contributed by atoms with Crippen molar-refractivity contribution in [1.29, 1.82) is 0 Å². The molecular formula is C28H42O2. The van der Waals surface area contributed by atoms with Crippen LogP contribution in [-0.4, -0.2) is 10.2 Å². The van der Waals surface area contributed by atoms with Crippen LogP contribution in [0, 0.1) is 13.8 Å². The predicted molar refractivity (Wildman–Crippen MR) is 130 cm³/mol. The van der Waals surface area contributed by atoms with Gasteiger partial charge in [-0.05, 0) is 69.9 Å². The standard InChI is InChI=1S/C28H42O2/c1-15(2)19-13-21(27(7,8)9)17(5)23(25(19)29)24-18(6)22(28(10,11)12)14-20(16(3)4)26(24)30/h13-16,29-30H,1-12H3. The molecule has 0 aromatic heterocycles. The summed E-state index contributed by atoms with van der Waals surface area (Å²) in [5.41, 5.74) is 7.83. The van der Waals surface area contributed by atoms with Crippen LogP contribution in [0.3, 0.4) is 0 Å². The molecule has 0 saturated heterocycles. The summed E-state index contributed by atoms with van der Waals surface area (Å²) in [4.78, 5) is 0. The highest BCUT2D eigenvalue weighted by Crippen LogP contribution is 2.50. The zero-order chi connectivity index (χ0) is 23.3. The van der Waals surface area contributed by atoms with Gasteiger partial charge in [-0.15, -0.1) is 0 Å². The molecule has 0 aliphatic carbocycles. The van der Waals surface area contributed by atoms with Crippen LogP contribution in [0.15, 0.2) is 12.1 Å². The Hall–Kier alpha value is -1.96. The average Bonchev–Trinajstić information content (AvgIpc) is 2.54. The van der Waals surface area contributed by atoms with Crippen LogP contribution >= 0.6 is 0 Å². The van der Waals surface area contributed by atoms with Crippen molar-refractivity contribution in [1.82, 2.24) is 0 Å². The lowest BCUT2D eigenvalue weighted by atomic mass is 9.75. The van der Waals surface area contributed by atoms with Gasteiger partial charge < -0.3 is 10.2 Å². The molecule has 2 heteroatoms. The summed E-state index contributed by atoms with van der Waals surface area (Å²) in [5.74, 6) is 0.968. The first kappa shape index (κ1) is 24.3. The summed E-state index contributed by atoms with van der Waals surface area (Å²) >= 11 is 0. The van der Waals surface area contributed by atoms with Gasteiger partial charge in [-0.1, -0.05) is 81.4 Å². The van der Waals surface area contributed by atoms with E-state index in [0.29, 0.717) is 11.5 Å². The van der Waals surface area contributed by atoms with Crippen molar-refractivity contribution in [2.75, 3.05) is 0 Å². The van der Waals surface area contributed by atoms with Gasteiger partial charge in [0, 0.05) is 11.1 Å². The SMILES string of the molecule is Cc1c(C(C)(C)C)cc(C(C)C)c(O)c1-c1c(C)c(C(C)(C)C)cc(C(C)C)c1O. The minimum Gasteiger partial charge on any atom is -0.507 e. The molecule has 0 bridgehead atoms. The van der Waals surface area contributed by atoms with Crippen molar-refractivity contribution in [3.05, 3.63) is 45.5 Å². The first-order valence-corrected chi connectivity index (χ1v) is 11.2. The first-order valence-electron chi connectivity index (χ1n) is 11.2. The molecule has 2 N–H and O–H groups in total. The normalized spacial score (nSPS) is 12.9. The molecule has 0 atom stereocenters. The van der Waals surface area contributed by atoms with Crippen LogP contribution in [0.5, 0.6) is 11.5 Å². The van der Waals surface area contributed by atoms with E-state index >= 15 is 0 Å². The van der Waals surface area contributed by atoms with E-state index in [2.05, 4.69) is 95.2 Å². The topological polar surface area (TPSA) is 40.5 Å². The zero-order valence-electron chi connectivity index (χ0n) is 21.2. The third kappa shape index (κ3) is 4.24. The molecule has 0 aliphatic heterocycles. The van der Waals surface area contributed by atoms with Gasteiger partial charge in [0.1, 0.15) is 11.5 Å². The highest BCUT2D eigenvalue weighted by molar-refractivity contribution is 5.85. The maximum absolute atomic E-state index is 11.4. The maximum atomic E-state index is 11.4. The van der Waals surface area contributed by atoms with E-state index in [1.807, 2.05) is 0 Å². The van der Waals surface area contributed by atoms with Gasteiger partial charge in [-0.25, -0.2) is 0 Å². The molecule has 0 unspecified atom stereocenters. The molecule has 166 valence electrons. The smallest absolute Gasteiger partial charge is 0.127 e. The van der Waals surface area contributed by atoms with Crippen LogP contribution in [0.1, 0.15) is 114 Å². The third-order valence-corrected chi connectivity index (χ3v) is 6.29. The Kier molecular flexibility index (Phi) is 6.44. The van der Waals surface area contributed by atoms with Gasteiger partial charge in [0.15, 0.2) is 0 Å². The van der Waals surface area contributed by atoms with E-state index in [-0.39, 0.29) is 22.7 Å². The predicted octanol–water partition coefficient (Wildman–Crippen LogP) is 8.22. The lowest BCUT2D eigenvalue weighted by molar-refractivity contribution is 0.455. The number of hydrogen-bond acceptors (Lipinski definition) is 2. The Bertz CT molecular complexity index is 869. The molecule has 0 aliphatic rings. The van der Waals surface area contributed by atoms with Gasteiger partial charge in [0.25, 0.3) is 0 Å². The number of phenols is 2. The Balaban J connectivity index is 3.14. The molecule has 30 heavy (non-hydrogen) atoms. The Morgan fingerprint density at radius 1 is 0.600 bits per heavy atom. The zero-order valence-corrected chi connectivity index (χ0v) is 21.2. The largest absolute Gasteiger partial charge is 0.507 e. The quantitative estimate of drug-likeness (QED) is 0.535. The van der Waals surface area contributed by atoms with Gasteiger partial charge in [-0.3, -0.25) is 0 Å². The molecule has 2 nitrogen and oxygen atoms in total. The molecule has 0 saturated carbocycles. The maximum Gasteiger partial charge on any atom is 0.127 e. The molecule has 0 fully saturated rings. The van der Waals surface area contributed by atoms with E-state index in [1.165, 1.54) is 11.1 Å². The summed E-state index contributed by atoms with van der Waals surface area (Å²) in [6, 6.07) is 4.31. The second-order valence-corrected chi connectivity index (χ2v) is 11.5. The number of benzene rings is 2. The van der Waals surface area contributed by atoms with Crippen LogP contribution in [-0.2, 0) is 10.8 Å². The summed E-state index contributed by atoms with van der Waals surface area (Å²) in [5, 5.41) is 22.9. The number of aromatic hydroxyl groups is 2. The van der Waals surface area contributed by atoms with Crippen LogP contribution < -0.4 is 0 Å². The minimum atomic E-state index is -0.0672. The van der Waals surface area contributed by atoms with Crippen molar-refractivity contribution in [3.63, 3.8) is 0 Å². The Labute approximate surface area is 184 Å². The van der Waals surface area contributed by atoms with Crippen molar-refractivity contribution >= 4 is 0 Å². The summed E-state index contributed by atoms with van der Waals surface area (Å²) in [6.45, 7) is 25.8. The molecule has 0 radical (unpaired) electrons. The summed E-state index contributed by atoms with van der Waals surface area (Å²) in [6.07, 6.45) is 0. The fraction of sp³-hybridized carbons (Fsp3) is 0.571. The molecule has 0 heterocycles. The molecule has 2 rings (SSSR count). The van der Waals surface area contributed by atoms with Gasteiger partial charge >= 0.3 is 0 Å². The van der Waals surface area contributed by atoms with Crippen molar-refractivity contribution in [2.45, 2.75) is 106 Å². The van der Waals surface area contributed by atoms with Gasteiger partial charge in [0.05, 0.1) is 0 Å². The third-order valence-electron chi connectivity index (χ3n) is 6.29.